The summed E-state index contributed by atoms with van der Waals surface area (Å²) in [6, 6.07) is 0. The Kier molecular flexibility index (Phi) is 14.0. The number of imide groups is 1. The largest absolute Gasteiger partial charge is 0.382 e. The molecule has 0 aromatic heterocycles. The summed E-state index contributed by atoms with van der Waals surface area (Å²) in [5.74, 6) is -0.546. The average Bonchev–Trinajstić information content (AvgIpc) is 3.00. The molecule has 0 saturated carbocycles. The van der Waals surface area contributed by atoms with Crippen molar-refractivity contribution in [1.82, 2.24) is 10.2 Å². The lowest BCUT2D eigenvalue weighted by Gasteiger charge is -2.13. The van der Waals surface area contributed by atoms with Crippen LogP contribution in [0.2, 0.25) is 0 Å². The molecule has 160 valence electrons. The third-order valence-corrected chi connectivity index (χ3v) is 3.93. The molecule has 0 atom stereocenters. The molecule has 9 heteroatoms. The molecule has 0 aliphatic carbocycles. The molecule has 1 rings (SSSR count). The van der Waals surface area contributed by atoms with Crippen LogP contribution in [0.1, 0.15) is 25.7 Å². The molecule has 0 fully saturated rings. The highest BCUT2D eigenvalue weighted by atomic mass is 16.6. The molecule has 3 amide bonds. The van der Waals surface area contributed by atoms with Crippen molar-refractivity contribution < 1.29 is 33.3 Å². The van der Waals surface area contributed by atoms with Crippen LogP contribution in [0.15, 0.2) is 12.2 Å². The van der Waals surface area contributed by atoms with Gasteiger partial charge in [-0.25, -0.2) is 0 Å². The molecule has 1 heterocycles. The molecular weight excluding hydrogens is 368 g/mol. The smallest absolute Gasteiger partial charge is 0.253 e. The maximum Gasteiger partial charge on any atom is 0.253 e. The van der Waals surface area contributed by atoms with E-state index in [0.29, 0.717) is 72.2 Å². The number of nitrogens with one attached hydrogen (secondary N) is 1. The fourth-order valence-corrected chi connectivity index (χ4v) is 2.42. The summed E-state index contributed by atoms with van der Waals surface area (Å²) in [6.07, 6.45) is 5.19. The van der Waals surface area contributed by atoms with Gasteiger partial charge < -0.3 is 24.3 Å². The Morgan fingerprint density at radius 2 is 1.43 bits per heavy atom. The van der Waals surface area contributed by atoms with E-state index < -0.39 is 0 Å². The number of carbonyl (C=O) groups excluding carboxylic acids is 3. The molecule has 1 N–H and O–H groups in total. The Morgan fingerprint density at radius 3 is 2.04 bits per heavy atom. The molecule has 9 nitrogen and oxygen atoms in total. The Balaban J connectivity index is 1.81. The first-order chi connectivity index (χ1) is 13.6. The van der Waals surface area contributed by atoms with Crippen molar-refractivity contribution >= 4 is 17.7 Å². The summed E-state index contributed by atoms with van der Waals surface area (Å²) in [7, 11) is 1.63. The zero-order valence-corrected chi connectivity index (χ0v) is 16.7. The minimum Gasteiger partial charge on any atom is -0.382 e. The number of ether oxygens (including phenoxy) is 4. The van der Waals surface area contributed by atoms with E-state index >= 15 is 0 Å². The van der Waals surface area contributed by atoms with Crippen LogP contribution in [0.4, 0.5) is 0 Å². The maximum absolute atomic E-state index is 11.7. The van der Waals surface area contributed by atoms with Crippen LogP contribution in [0, 0.1) is 0 Å². The first kappa shape index (κ1) is 24.2. The van der Waals surface area contributed by atoms with Gasteiger partial charge in [-0.2, -0.15) is 0 Å². The second kappa shape index (κ2) is 16.2. The van der Waals surface area contributed by atoms with E-state index in [4.69, 9.17) is 18.9 Å². The van der Waals surface area contributed by atoms with Gasteiger partial charge in [-0.15, -0.1) is 0 Å². The van der Waals surface area contributed by atoms with E-state index in [1.165, 1.54) is 17.1 Å². The SMILES string of the molecule is COCCOCCOCCOCCNC(=O)CCCCCN1C(=O)C=CC1=O. The first-order valence-electron chi connectivity index (χ1n) is 9.67. The Hall–Kier alpha value is -1.81. The van der Waals surface area contributed by atoms with Crippen LogP contribution in [-0.2, 0) is 33.3 Å². The van der Waals surface area contributed by atoms with Gasteiger partial charge in [0.25, 0.3) is 11.8 Å². The Morgan fingerprint density at radius 1 is 0.857 bits per heavy atom. The molecular formula is C19H32N2O7. The van der Waals surface area contributed by atoms with Crippen molar-refractivity contribution in [1.29, 1.82) is 0 Å². The van der Waals surface area contributed by atoms with Crippen molar-refractivity contribution in [3.05, 3.63) is 12.2 Å². The lowest BCUT2D eigenvalue weighted by molar-refractivity contribution is -0.136. The third kappa shape index (κ3) is 11.8. The highest BCUT2D eigenvalue weighted by molar-refractivity contribution is 6.12. The minimum absolute atomic E-state index is 0.0250. The molecule has 0 aromatic carbocycles. The molecule has 0 radical (unpaired) electrons. The van der Waals surface area contributed by atoms with Crippen LogP contribution >= 0.6 is 0 Å². The number of unbranched alkanes of at least 4 members (excludes halogenated alkanes) is 2. The van der Waals surface area contributed by atoms with Gasteiger partial charge in [-0.1, -0.05) is 6.42 Å². The van der Waals surface area contributed by atoms with Crippen LogP contribution in [0.5, 0.6) is 0 Å². The molecule has 0 spiro atoms. The Labute approximate surface area is 166 Å². The number of rotatable bonds is 18. The highest BCUT2D eigenvalue weighted by Gasteiger charge is 2.22. The van der Waals surface area contributed by atoms with Crippen molar-refractivity contribution in [2.75, 3.05) is 66.4 Å². The summed E-state index contributed by atoms with van der Waals surface area (Å²) >= 11 is 0. The van der Waals surface area contributed by atoms with Crippen molar-refractivity contribution in [2.24, 2.45) is 0 Å². The predicted molar refractivity (Wildman–Crippen MR) is 102 cm³/mol. The van der Waals surface area contributed by atoms with Crippen molar-refractivity contribution in [3.8, 4) is 0 Å². The fraction of sp³-hybridized carbons (Fsp3) is 0.737. The minimum atomic E-state index is -0.261. The average molecular weight is 400 g/mol. The number of hydrogen-bond acceptors (Lipinski definition) is 7. The van der Waals surface area contributed by atoms with E-state index in [-0.39, 0.29) is 17.7 Å². The summed E-state index contributed by atoms with van der Waals surface area (Å²) in [5.41, 5.74) is 0. The summed E-state index contributed by atoms with van der Waals surface area (Å²) < 4.78 is 20.8. The molecule has 1 aliphatic rings. The van der Waals surface area contributed by atoms with Crippen LogP contribution in [-0.4, -0.2) is 89.1 Å². The van der Waals surface area contributed by atoms with E-state index in [1.54, 1.807) is 7.11 Å². The molecule has 0 bridgehead atoms. The zero-order valence-electron chi connectivity index (χ0n) is 16.7. The van der Waals surface area contributed by atoms with Crippen molar-refractivity contribution in [2.45, 2.75) is 25.7 Å². The fourth-order valence-electron chi connectivity index (χ4n) is 2.42. The van der Waals surface area contributed by atoms with Gasteiger partial charge in [0.05, 0.1) is 46.2 Å². The lowest BCUT2D eigenvalue weighted by atomic mass is 10.2. The van der Waals surface area contributed by atoms with Gasteiger partial charge in [0.15, 0.2) is 0 Å². The maximum atomic E-state index is 11.7. The normalized spacial score (nSPS) is 13.5. The van der Waals surface area contributed by atoms with Gasteiger partial charge in [-0.3, -0.25) is 19.3 Å². The highest BCUT2D eigenvalue weighted by Crippen LogP contribution is 2.07. The van der Waals surface area contributed by atoms with E-state index in [1.807, 2.05) is 0 Å². The second-order valence-electron chi connectivity index (χ2n) is 6.15. The molecule has 0 aromatic rings. The van der Waals surface area contributed by atoms with E-state index in [9.17, 15) is 14.4 Å². The van der Waals surface area contributed by atoms with Crippen LogP contribution < -0.4 is 5.32 Å². The Bertz CT molecular complexity index is 479. The third-order valence-electron chi connectivity index (χ3n) is 3.93. The van der Waals surface area contributed by atoms with E-state index in [0.717, 1.165) is 12.8 Å². The number of amides is 3. The van der Waals surface area contributed by atoms with Crippen LogP contribution in [0.3, 0.4) is 0 Å². The van der Waals surface area contributed by atoms with Crippen molar-refractivity contribution in [3.63, 3.8) is 0 Å². The number of hydrogen-bond donors (Lipinski definition) is 1. The number of methoxy groups -OCH3 is 1. The first-order valence-corrected chi connectivity index (χ1v) is 9.67. The topological polar surface area (TPSA) is 103 Å². The monoisotopic (exact) mass is 400 g/mol. The summed E-state index contributed by atoms with van der Waals surface area (Å²) in [6.45, 7) is 4.43. The van der Waals surface area contributed by atoms with Gasteiger partial charge in [0.1, 0.15) is 0 Å². The predicted octanol–water partition coefficient (Wildman–Crippen LogP) is 0.284. The number of nitrogens with zero attached hydrogens (tertiary/aromatic N) is 1. The summed E-state index contributed by atoms with van der Waals surface area (Å²) in [4.78, 5) is 35.7. The quantitative estimate of drug-likeness (QED) is 0.260. The van der Waals surface area contributed by atoms with E-state index in [2.05, 4.69) is 5.32 Å². The molecule has 1 aliphatic heterocycles. The number of carbonyl (C=O) groups is 3. The van der Waals surface area contributed by atoms with Gasteiger partial charge in [-0.05, 0) is 12.8 Å². The lowest BCUT2D eigenvalue weighted by Crippen LogP contribution is -2.31. The van der Waals surface area contributed by atoms with Gasteiger partial charge in [0.2, 0.25) is 5.91 Å². The molecule has 0 saturated heterocycles. The second-order valence-corrected chi connectivity index (χ2v) is 6.15. The summed E-state index contributed by atoms with van der Waals surface area (Å²) in [5, 5.41) is 2.79. The van der Waals surface area contributed by atoms with Gasteiger partial charge >= 0.3 is 0 Å². The van der Waals surface area contributed by atoms with Crippen LogP contribution in [0.25, 0.3) is 0 Å². The zero-order chi connectivity index (χ0) is 20.5. The standard InChI is InChI=1S/C19H32N2O7/c1-25-11-12-27-15-16-28-14-13-26-10-8-20-17(22)5-3-2-4-9-21-18(23)6-7-19(21)24/h6-7H,2-5,8-16H2,1H3,(H,20,22). The molecule has 28 heavy (non-hydrogen) atoms. The molecule has 0 unspecified atom stereocenters. The van der Waals surface area contributed by atoms with Gasteiger partial charge in [0, 0.05) is 38.8 Å².